The Balaban J connectivity index is 2.73. The summed E-state index contributed by atoms with van der Waals surface area (Å²) in [5.41, 5.74) is 4.59. The summed E-state index contributed by atoms with van der Waals surface area (Å²) in [5, 5.41) is 4.44. The van der Waals surface area contributed by atoms with Crippen LogP contribution in [0.2, 0.25) is 0 Å². The SMILES string of the molecule is CCCc1cc(NC)c2cc(C)cc(Br)c2n1. The highest BCUT2D eigenvalue weighted by atomic mass is 79.9. The zero-order valence-corrected chi connectivity index (χ0v) is 12.1. The van der Waals surface area contributed by atoms with Crippen molar-refractivity contribution in [3.05, 3.63) is 33.9 Å². The second kappa shape index (κ2) is 5.05. The summed E-state index contributed by atoms with van der Waals surface area (Å²) in [5.74, 6) is 0. The van der Waals surface area contributed by atoms with Crippen molar-refractivity contribution >= 4 is 32.5 Å². The van der Waals surface area contributed by atoms with Gasteiger partial charge in [0.25, 0.3) is 0 Å². The van der Waals surface area contributed by atoms with E-state index >= 15 is 0 Å². The average Bonchev–Trinajstić information content (AvgIpc) is 2.29. The zero-order chi connectivity index (χ0) is 12.4. The number of fused-ring (bicyclic) bond motifs is 1. The maximum atomic E-state index is 4.73. The number of anilines is 1. The Kier molecular flexibility index (Phi) is 3.67. The van der Waals surface area contributed by atoms with Gasteiger partial charge in [-0.1, -0.05) is 13.3 Å². The molecule has 0 amide bonds. The average molecular weight is 293 g/mol. The van der Waals surface area contributed by atoms with Crippen LogP contribution in [0.25, 0.3) is 10.9 Å². The van der Waals surface area contributed by atoms with Gasteiger partial charge < -0.3 is 5.32 Å². The number of halogens is 1. The van der Waals surface area contributed by atoms with Gasteiger partial charge in [0, 0.05) is 28.3 Å². The Morgan fingerprint density at radius 2 is 2.06 bits per heavy atom. The number of pyridine rings is 1. The van der Waals surface area contributed by atoms with Gasteiger partial charge in [-0.15, -0.1) is 0 Å². The van der Waals surface area contributed by atoms with E-state index in [1.807, 2.05) is 7.05 Å². The number of nitrogens with one attached hydrogen (secondary N) is 1. The minimum atomic E-state index is 1.02. The molecule has 0 bridgehead atoms. The molecule has 0 radical (unpaired) electrons. The minimum Gasteiger partial charge on any atom is -0.388 e. The Morgan fingerprint density at radius 1 is 1.29 bits per heavy atom. The molecule has 1 N–H and O–H groups in total. The third-order valence-corrected chi connectivity index (χ3v) is 3.44. The topological polar surface area (TPSA) is 24.9 Å². The van der Waals surface area contributed by atoms with Gasteiger partial charge in [0.05, 0.1) is 5.52 Å². The Hall–Kier alpha value is -1.09. The van der Waals surface area contributed by atoms with Crippen molar-refractivity contribution in [2.75, 3.05) is 12.4 Å². The van der Waals surface area contributed by atoms with Crippen LogP contribution in [0.3, 0.4) is 0 Å². The maximum Gasteiger partial charge on any atom is 0.0868 e. The molecule has 2 nitrogen and oxygen atoms in total. The molecule has 0 saturated heterocycles. The van der Waals surface area contributed by atoms with Crippen molar-refractivity contribution in [3.63, 3.8) is 0 Å². The van der Waals surface area contributed by atoms with Crippen LogP contribution >= 0.6 is 15.9 Å². The molecule has 2 aromatic rings. The number of aryl methyl sites for hydroxylation is 2. The highest BCUT2D eigenvalue weighted by Crippen LogP contribution is 2.30. The molecule has 0 unspecified atom stereocenters. The summed E-state index contributed by atoms with van der Waals surface area (Å²) in [6.45, 7) is 4.28. The predicted octanol–water partition coefficient (Wildman–Crippen LogP) is 4.30. The van der Waals surface area contributed by atoms with Crippen LogP contribution in [-0.4, -0.2) is 12.0 Å². The first-order chi connectivity index (χ1) is 8.15. The summed E-state index contributed by atoms with van der Waals surface area (Å²) in [6.07, 6.45) is 2.13. The van der Waals surface area contributed by atoms with E-state index in [0.29, 0.717) is 0 Å². The van der Waals surface area contributed by atoms with Gasteiger partial charge in [0.15, 0.2) is 0 Å². The van der Waals surface area contributed by atoms with E-state index in [2.05, 4.69) is 53.3 Å². The molecule has 0 aliphatic carbocycles. The van der Waals surface area contributed by atoms with Crippen LogP contribution in [-0.2, 0) is 6.42 Å². The fourth-order valence-corrected chi connectivity index (χ4v) is 2.73. The lowest BCUT2D eigenvalue weighted by Crippen LogP contribution is -1.97. The molecule has 1 aromatic carbocycles. The number of aromatic nitrogens is 1. The van der Waals surface area contributed by atoms with Crippen LogP contribution in [0.5, 0.6) is 0 Å². The maximum absolute atomic E-state index is 4.73. The minimum absolute atomic E-state index is 1.02. The monoisotopic (exact) mass is 292 g/mol. The van der Waals surface area contributed by atoms with E-state index in [1.165, 1.54) is 10.9 Å². The fourth-order valence-electron chi connectivity index (χ4n) is 2.06. The second-order valence-electron chi connectivity index (χ2n) is 4.30. The molecule has 0 atom stereocenters. The van der Waals surface area contributed by atoms with E-state index < -0.39 is 0 Å². The van der Waals surface area contributed by atoms with Crippen molar-refractivity contribution < 1.29 is 0 Å². The Labute approximate surface area is 111 Å². The van der Waals surface area contributed by atoms with Crippen LogP contribution < -0.4 is 5.32 Å². The largest absolute Gasteiger partial charge is 0.388 e. The lowest BCUT2D eigenvalue weighted by Gasteiger charge is -2.11. The van der Waals surface area contributed by atoms with Gasteiger partial charge in [-0.25, -0.2) is 0 Å². The quantitative estimate of drug-likeness (QED) is 0.912. The van der Waals surface area contributed by atoms with E-state index in [-0.39, 0.29) is 0 Å². The van der Waals surface area contributed by atoms with Crippen molar-refractivity contribution in [2.24, 2.45) is 0 Å². The van der Waals surface area contributed by atoms with Gasteiger partial charge >= 0.3 is 0 Å². The molecule has 0 aliphatic rings. The lowest BCUT2D eigenvalue weighted by molar-refractivity contribution is 0.890. The van der Waals surface area contributed by atoms with Crippen LogP contribution in [0.1, 0.15) is 24.6 Å². The standard InChI is InChI=1S/C14H17BrN2/c1-4-5-10-8-13(16-3)11-6-9(2)7-12(15)14(11)17-10/h6-8H,4-5H2,1-3H3,(H,16,17). The molecule has 0 aliphatic heterocycles. The van der Waals surface area contributed by atoms with Gasteiger partial charge in [0.2, 0.25) is 0 Å². The normalized spacial score (nSPS) is 10.8. The summed E-state index contributed by atoms with van der Waals surface area (Å²) in [6, 6.07) is 6.44. The molecular weight excluding hydrogens is 276 g/mol. The van der Waals surface area contributed by atoms with E-state index in [1.54, 1.807) is 0 Å². The first-order valence-corrected chi connectivity index (χ1v) is 6.72. The van der Waals surface area contributed by atoms with Crippen LogP contribution in [0.15, 0.2) is 22.7 Å². The Morgan fingerprint density at radius 3 is 2.71 bits per heavy atom. The van der Waals surface area contributed by atoms with Crippen molar-refractivity contribution in [3.8, 4) is 0 Å². The summed E-state index contributed by atoms with van der Waals surface area (Å²) < 4.78 is 1.07. The van der Waals surface area contributed by atoms with Gasteiger partial charge in [-0.2, -0.15) is 0 Å². The highest BCUT2D eigenvalue weighted by Gasteiger charge is 2.08. The summed E-state index contributed by atoms with van der Waals surface area (Å²) >= 11 is 3.61. The molecule has 90 valence electrons. The van der Waals surface area contributed by atoms with Crippen LogP contribution in [0.4, 0.5) is 5.69 Å². The van der Waals surface area contributed by atoms with Crippen LogP contribution in [0, 0.1) is 6.92 Å². The third kappa shape index (κ3) is 2.44. The zero-order valence-electron chi connectivity index (χ0n) is 10.5. The molecule has 3 heteroatoms. The number of rotatable bonds is 3. The molecule has 1 heterocycles. The molecule has 2 rings (SSSR count). The van der Waals surface area contributed by atoms with E-state index in [0.717, 1.165) is 34.2 Å². The molecule has 0 spiro atoms. The van der Waals surface area contributed by atoms with Gasteiger partial charge in [-0.05, 0) is 53.0 Å². The molecule has 17 heavy (non-hydrogen) atoms. The number of nitrogens with zero attached hydrogens (tertiary/aromatic N) is 1. The Bertz CT molecular complexity index is 549. The van der Waals surface area contributed by atoms with Gasteiger partial charge in [0.1, 0.15) is 0 Å². The van der Waals surface area contributed by atoms with Gasteiger partial charge in [-0.3, -0.25) is 4.98 Å². The predicted molar refractivity (Wildman–Crippen MR) is 77.7 cm³/mol. The first kappa shape index (κ1) is 12.4. The van der Waals surface area contributed by atoms with E-state index in [4.69, 9.17) is 4.98 Å². The van der Waals surface area contributed by atoms with Crippen molar-refractivity contribution in [1.29, 1.82) is 0 Å². The molecule has 0 fully saturated rings. The van der Waals surface area contributed by atoms with Crippen molar-refractivity contribution in [2.45, 2.75) is 26.7 Å². The fraction of sp³-hybridized carbons (Fsp3) is 0.357. The number of benzene rings is 1. The smallest absolute Gasteiger partial charge is 0.0868 e. The van der Waals surface area contributed by atoms with E-state index in [9.17, 15) is 0 Å². The van der Waals surface area contributed by atoms with Crippen molar-refractivity contribution in [1.82, 2.24) is 4.98 Å². The number of hydrogen-bond donors (Lipinski definition) is 1. The molecule has 0 saturated carbocycles. The lowest BCUT2D eigenvalue weighted by atomic mass is 10.1. The first-order valence-electron chi connectivity index (χ1n) is 5.93. The molecular formula is C14H17BrN2. The third-order valence-electron chi connectivity index (χ3n) is 2.84. The summed E-state index contributed by atoms with van der Waals surface area (Å²) in [4.78, 5) is 4.73. The molecule has 1 aromatic heterocycles. The summed E-state index contributed by atoms with van der Waals surface area (Å²) in [7, 11) is 1.96. The highest BCUT2D eigenvalue weighted by molar-refractivity contribution is 9.10. The second-order valence-corrected chi connectivity index (χ2v) is 5.16. The number of hydrogen-bond acceptors (Lipinski definition) is 2.